The van der Waals surface area contributed by atoms with E-state index in [9.17, 15) is 4.39 Å². The van der Waals surface area contributed by atoms with Crippen LogP contribution in [0.4, 0.5) is 4.39 Å². The highest BCUT2D eigenvalue weighted by Crippen LogP contribution is 2.36. The summed E-state index contributed by atoms with van der Waals surface area (Å²) < 4.78 is 25.0. The highest BCUT2D eigenvalue weighted by Gasteiger charge is 2.22. The number of benzene rings is 2. The molecular formula is C21H26FNO2. The summed E-state index contributed by atoms with van der Waals surface area (Å²) in [6.45, 7) is 5.17. The van der Waals surface area contributed by atoms with Gasteiger partial charge in [0, 0.05) is 6.04 Å². The van der Waals surface area contributed by atoms with Crippen LogP contribution in [-0.4, -0.2) is 25.8 Å². The molecule has 1 saturated heterocycles. The lowest BCUT2D eigenvalue weighted by Gasteiger charge is -2.30. The van der Waals surface area contributed by atoms with Gasteiger partial charge in [-0.2, -0.15) is 0 Å². The van der Waals surface area contributed by atoms with Crippen molar-refractivity contribution in [2.24, 2.45) is 0 Å². The van der Waals surface area contributed by atoms with Gasteiger partial charge in [0.2, 0.25) is 0 Å². The van der Waals surface area contributed by atoms with Gasteiger partial charge in [0.05, 0.1) is 7.11 Å². The van der Waals surface area contributed by atoms with Crippen LogP contribution in [0.15, 0.2) is 36.4 Å². The normalized spacial score (nSPS) is 18.6. The van der Waals surface area contributed by atoms with Crippen LogP contribution in [0, 0.1) is 12.7 Å². The van der Waals surface area contributed by atoms with Gasteiger partial charge in [-0.25, -0.2) is 4.39 Å². The van der Waals surface area contributed by atoms with Gasteiger partial charge in [0.25, 0.3) is 0 Å². The molecule has 1 heterocycles. The van der Waals surface area contributed by atoms with Gasteiger partial charge in [-0.15, -0.1) is 0 Å². The number of aryl methyl sites for hydroxylation is 1. The van der Waals surface area contributed by atoms with Crippen LogP contribution in [0.2, 0.25) is 0 Å². The molecule has 1 N–H and O–H groups in total. The third-order valence-corrected chi connectivity index (χ3v) is 4.89. The Morgan fingerprint density at radius 1 is 1.12 bits per heavy atom. The summed E-state index contributed by atoms with van der Waals surface area (Å²) in [5.41, 5.74) is 3.06. The molecule has 0 radical (unpaired) electrons. The monoisotopic (exact) mass is 343 g/mol. The van der Waals surface area contributed by atoms with Gasteiger partial charge in [-0.1, -0.05) is 18.6 Å². The van der Waals surface area contributed by atoms with E-state index in [0.29, 0.717) is 6.04 Å². The lowest BCUT2D eigenvalue weighted by molar-refractivity contribution is 0.148. The predicted molar refractivity (Wildman–Crippen MR) is 98.9 cm³/mol. The summed E-state index contributed by atoms with van der Waals surface area (Å²) in [4.78, 5) is 0. The molecule has 1 fully saturated rings. The molecule has 0 saturated carbocycles. The number of methoxy groups -OCH3 is 1. The lowest BCUT2D eigenvalue weighted by Crippen LogP contribution is -2.44. The molecule has 0 amide bonds. The number of nitrogens with one attached hydrogen (secondary N) is 1. The average molecular weight is 343 g/mol. The van der Waals surface area contributed by atoms with Crippen molar-refractivity contribution in [3.63, 3.8) is 0 Å². The Kier molecular flexibility index (Phi) is 5.59. The predicted octanol–water partition coefficient (Wildman–Crippen LogP) is 4.72. The van der Waals surface area contributed by atoms with Crippen LogP contribution in [0.3, 0.4) is 0 Å². The first-order valence-electron chi connectivity index (χ1n) is 8.93. The van der Waals surface area contributed by atoms with Gasteiger partial charge in [-0.3, -0.25) is 0 Å². The van der Waals surface area contributed by atoms with E-state index >= 15 is 0 Å². The highest BCUT2D eigenvalue weighted by atomic mass is 19.1. The zero-order valence-corrected chi connectivity index (χ0v) is 15.1. The molecule has 0 spiro atoms. The van der Waals surface area contributed by atoms with Gasteiger partial charge in [0.1, 0.15) is 11.9 Å². The van der Waals surface area contributed by atoms with Gasteiger partial charge in [-0.05, 0) is 74.2 Å². The summed E-state index contributed by atoms with van der Waals surface area (Å²) in [6, 6.07) is 10.9. The maximum atomic E-state index is 13.2. The molecule has 1 aliphatic heterocycles. The fourth-order valence-corrected chi connectivity index (χ4v) is 3.42. The second-order valence-electron chi connectivity index (χ2n) is 6.70. The molecule has 2 aromatic carbocycles. The van der Waals surface area contributed by atoms with Crippen molar-refractivity contribution in [3.8, 4) is 22.6 Å². The lowest BCUT2D eigenvalue weighted by atomic mass is 9.99. The van der Waals surface area contributed by atoms with Crippen molar-refractivity contribution < 1.29 is 13.9 Å². The topological polar surface area (TPSA) is 30.5 Å². The summed E-state index contributed by atoms with van der Waals surface area (Å²) in [5, 5.41) is 3.53. The minimum atomic E-state index is -0.233. The smallest absolute Gasteiger partial charge is 0.162 e. The molecule has 0 aromatic heterocycles. The molecular weight excluding hydrogens is 317 g/mol. The molecule has 25 heavy (non-hydrogen) atoms. The Bertz CT molecular complexity index is 709. The second-order valence-corrected chi connectivity index (χ2v) is 6.70. The fraction of sp³-hybridized carbons (Fsp3) is 0.429. The standard InChI is InChI=1S/C21H26FNO2/c1-14-12-20(24-3)21(25-15(2)19-6-4-5-11-23-19)13-18(14)16-7-9-17(22)10-8-16/h7-10,12-13,15,19,23H,4-6,11H2,1-3H3. The average Bonchev–Trinajstić information content (AvgIpc) is 2.64. The van der Waals surface area contributed by atoms with Crippen molar-refractivity contribution in [1.82, 2.24) is 5.32 Å². The number of halogens is 1. The zero-order valence-electron chi connectivity index (χ0n) is 15.1. The van der Waals surface area contributed by atoms with Crippen LogP contribution in [0.5, 0.6) is 11.5 Å². The largest absolute Gasteiger partial charge is 0.493 e. The molecule has 2 aromatic rings. The molecule has 3 nitrogen and oxygen atoms in total. The van der Waals surface area contributed by atoms with E-state index in [2.05, 4.69) is 12.2 Å². The second kappa shape index (κ2) is 7.87. The molecule has 2 atom stereocenters. The molecule has 0 bridgehead atoms. The van der Waals surface area contributed by atoms with Crippen LogP contribution < -0.4 is 14.8 Å². The maximum Gasteiger partial charge on any atom is 0.162 e. The molecule has 1 aliphatic rings. The van der Waals surface area contributed by atoms with E-state index in [4.69, 9.17) is 9.47 Å². The first-order valence-corrected chi connectivity index (χ1v) is 8.93. The van der Waals surface area contributed by atoms with E-state index in [0.717, 1.165) is 41.2 Å². The first kappa shape index (κ1) is 17.7. The number of hydrogen-bond donors (Lipinski definition) is 1. The third-order valence-electron chi connectivity index (χ3n) is 4.89. The number of ether oxygens (including phenoxy) is 2. The number of rotatable bonds is 5. The number of piperidine rings is 1. The van der Waals surface area contributed by atoms with Crippen molar-refractivity contribution in [3.05, 3.63) is 47.8 Å². The van der Waals surface area contributed by atoms with Gasteiger partial charge >= 0.3 is 0 Å². The summed E-state index contributed by atoms with van der Waals surface area (Å²) in [5.74, 6) is 1.22. The molecule has 0 aliphatic carbocycles. The van der Waals surface area contributed by atoms with Crippen LogP contribution in [0.25, 0.3) is 11.1 Å². The summed E-state index contributed by atoms with van der Waals surface area (Å²) in [6.07, 6.45) is 3.64. The Morgan fingerprint density at radius 2 is 1.88 bits per heavy atom. The minimum absolute atomic E-state index is 0.0537. The van der Waals surface area contributed by atoms with E-state index in [1.807, 2.05) is 19.1 Å². The van der Waals surface area contributed by atoms with Gasteiger partial charge in [0.15, 0.2) is 11.5 Å². The van der Waals surface area contributed by atoms with Crippen LogP contribution >= 0.6 is 0 Å². The summed E-state index contributed by atoms with van der Waals surface area (Å²) >= 11 is 0. The number of hydrogen-bond acceptors (Lipinski definition) is 3. The van der Waals surface area contributed by atoms with Crippen molar-refractivity contribution >= 4 is 0 Å². The molecule has 3 rings (SSSR count). The van der Waals surface area contributed by atoms with Crippen molar-refractivity contribution in [2.75, 3.05) is 13.7 Å². The van der Waals surface area contributed by atoms with E-state index in [1.165, 1.54) is 25.0 Å². The maximum absolute atomic E-state index is 13.2. The Morgan fingerprint density at radius 3 is 2.52 bits per heavy atom. The molecule has 2 unspecified atom stereocenters. The Labute approximate surface area is 149 Å². The Balaban J connectivity index is 1.89. The van der Waals surface area contributed by atoms with E-state index in [1.54, 1.807) is 19.2 Å². The third kappa shape index (κ3) is 4.13. The zero-order chi connectivity index (χ0) is 17.8. The van der Waals surface area contributed by atoms with Crippen molar-refractivity contribution in [2.45, 2.75) is 45.3 Å². The highest BCUT2D eigenvalue weighted by molar-refractivity contribution is 5.71. The Hall–Kier alpha value is -2.07. The van der Waals surface area contributed by atoms with Gasteiger partial charge < -0.3 is 14.8 Å². The van der Waals surface area contributed by atoms with Crippen LogP contribution in [0.1, 0.15) is 31.7 Å². The quantitative estimate of drug-likeness (QED) is 0.852. The van der Waals surface area contributed by atoms with E-state index < -0.39 is 0 Å². The minimum Gasteiger partial charge on any atom is -0.493 e. The van der Waals surface area contributed by atoms with E-state index in [-0.39, 0.29) is 11.9 Å². The van der Waals surface area contributed by atoms with Crippen LogP contribution in [-0.2, 0) is 0 Å². The van der Waals surface area contributed by atoms with Crippen molar-refractivity contribution in [1.29, 1.82) is 0 Å². The first-order chi connectivity index (χ1) is 12.1. The fourth-order valence-electron chi connectivity index (χ4n) is 3.42. The summed E-state index contributed by atoms with van der Waals surface area (Å²) in [7, 11) is 1.66. The molecule has 4 heteroatoms. The molecule has 134 valence electrons. The SMILES string of the molecule is COc1cc(C)c(-c2ccc(F)cc2)cc1OC(C)C1CCCCN1.